The summed E-state index contributed by atoms with van der Waals surface area (Å²) in [6.07, 6.45) is 4.83. The summed E-state index contributed by atoms with van der Waals surface area (Å²) in [6.45, 7) is 1.71. The molecule has 1 aliphatic carbocycles. The number of carbonyl (C=O) groups excluding carboxylic acids is 1. The first-order valence-electron chi connectivity index (χ1n) is 5.02. The number of hydrogen-bond acceptors (Lipinski definition) is 4. The molecule has 0 bridgehead atoms. The lowest BCUT2D eigenvalue weighted by atomic mass is 9.93. The molecule has 0 aromatic rings. The van der Waals surface area contributed by atoms with Crippen molar-refractivity contribution in [3.63, 3.8) is 0 Å². The van der Waals surface area contributed by atoms with E-state index in [0.717, 1.165) is 25.7 Å². The third-order valence-corrected chi connectivity index (χ3v) is 2.83. The number of esters is 1. The summed E-state index contributed by atoms with van der Waals surface area (Å²) < 4.78 is 10.9. The number of hydrogen-bond donors (Lipinski definition) is 1. The van der Waals surface area contributed by atoms with Crippen LogP contribution in [0.3, 0.4) is 0 Å². The summed E-state index contributed by atoms with van der Waals surface area (Å²) in [5, 5.41) is 0. The van der Waals surface area contributed by atoms with Crippen LogP contribution in [0.25, 0.3) is 0 Å². The van der Waals surface area contributed by atoms with Gasteiger partial charge in [-0.15, -0.1) is 0 Å². The smallest absolute Gasteiger partial charge is 0.360 e. The predicted octanol–water partition coefficient (Wildman–Crippen LogP) is 1.41. The van der Waals surface area contributed by atoms with Gasteiger partial charge in [0.2, 0.25) is 0 Å². The molecule has 1 heterocycles. The van der Waals surface area contributed by atoms with E-state index in [2.05, 4.69) is 0 Å². The van der Waals surface area contributed by atoms with Gasteiger partial charge in [0.1, 0.15) is 5.76 Å². The lowest BCUT2D eigenvalue weighted by Crippen LogP contribution is -2.44. The van der Waals surface area contributed by atoms with Gasteiger partial charge in [-0.05, 0) is 19.8 Å². The maximum absolute atomic E-state index is 11.4. The molecule has 0 aromatic heterocycles. The van der Waals surface area contributed by atoms with Crippen molar-refractivity contribution < 1.29 is 14.3 Å². The van der Waals surface area contributed by atoms with E-state index in [-0.39, 0.29) is 5.70 Å². The SMILES string of the molecule is CC1=C(N)C(=O)OC2(CCCCC2)O1. The van der Waals surface area contributed by atoms with Gasteiger partial charge < -0.3 is 15.2 Å². The average Bonchev–Trinajstić information content (AvgIpc) is 2.15. The minimum Gasteiger partial charge on any atom is -0.454 e. The number of nitrogens with two attached hydrogens (primary N) is 1. The number of rotatable bonds is 0. The van der Waals surface area contributed by atoms with Crippen LogP contribution in [0.2, 0.25) is 0 Å². The third-order valence-electron chi connectivity index (χ3n) is 2.83. The summed E-state index contributed by atoms with van der Waals surface area (Å²) in [7, 11) is 0. The van der Waals surface area contributed by atoms with Crippen LogP contribution in [0.1, 0.15) is 39.0 Å². The molecule has 2 rings (SSSR count). The van der Waals surface area contributed by atoms with Crippen molar-refractivity contribution in [1.82, 2.24) is 0 Å². The van der Waals surface area contributed by atoms with Crippen LogP contribution >= 0.6 is 0 Å². The summed E-state index contributed by atoms with van der Waals surface area (Å²) in [6, 6.07) is 0. The zero-order chi connectivity index (χ0) is 10.2. The third kappa shape index (κ3) is 1.45. The van der Waals surface area contributed by atoms with Gasteiger partial charge in [0.05, 0.1) is 0 Å². The zero-order valence-corrected chi connectivity index (χ0v) is 8.34. The van der Waals surface area contributed by atoms with Crippen molar-refractivity contribution in [2.24, 2.45) is 5.73 Å². The van der Waals surface area contributed by atoms with Crippen molar-refractivity contribution in [1.29, 1.82) is 0 Å². The van der Waals surface area contributed by atoms with E-state index >= 15 is 0 Å². The highest BCUT2D eigenvalue weighted by molar-refractivity contribution is 5.88. The topological polar surface area (TPSA) is 61.6 Å². The highest BCUT2D eigenvalue weighted by Gasteiger charge is 2.42. The quantitative estimate of drug-likeness (QED) is 0.596. The summed E-state index contributed by atoms with van der Waals surface area (Å²) >= 11 is 0. The molecule has 0 amide bonds. The predicted molar refractivity (Wildman–Crippen MR) is 49.9 cm³/mol. The number of carbonyl (C=O) groups is 1. The van der Waals surface area contributed by atoms with Crippen LogP contribution in [0.15, 0.2) is 11.5 Å². The fourth-order valence-corrected chi connectivity index (χ4v) is 2.02. The second-order valence-electron chi connectivity index (χ2n) is 3.93. The van der Waals surface area contributed by atoms with Gasteiger partial charge in [-0.1, -0.05) is 6.42 Å². The Labute approximate surface area is 83.1 Å². The molecule has 78 valence electrons. The molecule has 0 aromatic carbocycles. The Morgan fingerprint density at radius 1 is 1.21 bits per heavy atom. The summed E-state index contributed by atoms with van der Waals surface area (Å²) in [4.78, 5) is 11.4. The Kier molecular flexibility index (Phi) is 2.13. The zero-order valence-electron chi connectivity index (χ0n) is 8.34. The van der Waals surface area contributed by atoms with Crippen molar-refractivity contribution >= 4 is 5.97 Å². The van der Waals surface area contributed by atoms with Crippen LogP contribution in [0, 0.1) is 0 Å². The Balaban J connectivity index is 2.21. The van der Waals surface area contributed by atoms with E-state index in [1.165, 1.54) is 6.42 Å². The average molecular weight is 197 g/mol. The van der Waals surface area contributed by atoms with Gasteiger partial charge in [-0.3, -0.25) is 0 Å². The Hall–Kier alpha value is -1.19. The van der Waals surface area contributed by atoms with Crippen molar-refractivity contribution in [3.8, 4) is 0 Å². The molecule has 1 fully saturated rings. The Morgan fingerprint density at radius 2 is 1.86 bits per heavy atom. The minimum atomic E-state index is -0.706. The van der Waals surface area contributed by atoms with Gasteiger partial charge in [0.15, 0.2) is 5.70 Å². The first-order valence-corrected chi connectivity index (χ1v) is 5.02. The Bertz CT molecular complexity index is 290. The normalized spacial score (nSPS) is 25.9. The molecule has 0 unspecified atom stereocenters. The molecule has 2 aliphatic rings. The molecule has 1 saturated carbocycles. The van der Waals surface area contributed by atoms with Crippen molar-refractivity contribution in [2.75, 3.05) is 0 Å². The van der Waals surface area contributed by atoms with E-state index in [9.17, 15) is 4.79 Å². The highest BCUT2D eigenvalue weighted by atomic mass is 16.7. The van der Waals surface area contributed by atoms with Crippen LogP contribution < -0.4 is 5.73 Å². The standard InChI is InChI=1S/C10H15NO3/c1-7-8(11)9(12)14-10(13-7)5-3-2-4-6-10/h2-6,11H2,1H3. The van der Waals surface area contributed by atoms with Gasteiger partial charge in [-0.2, -0.15) is 0 Å². The fourth-order valence-electron chi connectivity index (χ4n) is 2.02. The molecule has 4 heteroatoms. The minimum absolute atomic E-state index is 0.0983. The van der Waals surface area contributed by atoms with Crippen LogP contribution in [0.4, 0.5) is 0 Å². The van der Waals surface area contributed by atoms with Crippen LogP contribution in [-0.4, -0.2) is 11.8 Å². The first kappa shape index (κ1) is 9.37. The van der Waals surface area contributed by atoms with E-state index < -0.39 is 11.8 Å². The molecule has 0 atom stereocenters. The van der Waals surface area contributed by atoms with Crippen LogP contribution in [-0.2, 0) is 14.3 Å². The van der Waals surface area contributed by atoms with Crippen molar-refractivity contribution in [3.05, 3.63) is 11.5 Å². The molecule has 1 spiro atoms. The molecule has 1 aliphatic heterocycles. The lowest BCUT2D eigenvalue weighted by molar-refractivity contribution is -0.234. The molecule has 0 radical (unpaired) electrons. The first-order chi connectivity index (χ1) is 6.63. The molecule has 14 heavy (non-hydrogen) atoms. The van der Waals surface area contributed by atoms with E-state index in [1.807, 2.05) is 0 Å². The monoisotopic (exact) mass is 197 g/mol. The second kappa shape index (κ2) is 3.19. The Morgan fingerprint density at radius 3 is 2.43 bits per heavy atom. The van der Waals surface area contributed by atoms with Gasteiger partial charge >= 0.3 is 5.97 Å². The molecule has 0 saturated heterocycles. The maximum atomic E-state index is 11.4. The summed E-state index contributed by atoms with van der Waals surface area (Å²) in [5.74, 6) is -0.638. The van der Waals surface area contributed by atoms with Crippen LogP contribution in [0.5, 0.6) is 0 Å². The largest absolute Gasteiger partial charge is 0.454 e. The number of ether oxygens (including phenoxy) is 2. The molecular formula is C10H15NO3. The molecular weight excluding hydrogens is 182 g/mol. The molecule has 4 nitrogen and oxygen atoms in total. The maximum Gasteiger partial charge on any atom is 0.360 e. The van der Waals surface area contributed by atoms with E-state index in [4.69, 9.17) is 15.2 Å². The highest BCUT2D eigenvalue weighted by Crippen LogP contribution is 2.37. The van der Waals surface area contributed by atoms with Gasteiger partial charge in [-0.25, -0.2) is 4.79 Å². The molecule has 2 N–H and O–H groups in total. The lowest BCUT2D eigenvalue weighted by Gasteiger charge is -2.39. The number of allylic oxidation sites excluding steroid dienone is 1. The second-order valence-corrected chi connectivity index (χ2v) is 3.93. The van der Waals surface area contributed by atoms with Crippen molar-refractivity contribution in [2.45, 2.75) is 44.8 Å². The van der Waals surface area contributed by atoms with E-state index in [0.29, 0.717) is 5.76 Å². The van der Waals surface area contributed by atoms with Gasteiger partial charge in [0, 0.05) is 12.8 Å². The van der Waals surface area contributed by atoms with Gasteiger partial charge in [0.25, 0.3) is 5.79 Å². The summed E-state index contributed by atoms with van der Waals surface area (Å²) in [5.41, 5.74) is 5.59. The fraction of sp³-hybridized carbons (Fsp3) is 0.700. The van der Waals surface area contributed by atoms with E-state index in [1.54, 1.807) is 6.92 Å².